The molecule has 1 atom stereocenters. The quantitative estimate of drug-likeness (QED) is 0.662. The maximum Gasteiger partial charge on any atom is 0.243 e. The molecule has 0 saturated heterocycles. The molecular weight excluding hydrogens is 370 g/mol. The molecular formula is C23H21NO3S. The Labute approximate surface area is 165 Å². The number of carbonyl (C=O) groups is 1. The second-order valence-electron chi connectivity index (χ2n) is 7.40. The summed E-state index contributed by atoms with van der Waals surface area (Å²) in [6, 6.07) is 23.5. The van der Waals surface area contributed by atoms with Gasteiger partial charge in [-0.3, -0.25) is 9.69 Å². The maximum atomic E-state index is 13.5. The van der Waals surface area contributed by atoms with E-state index in [2.05, 4.69) is 0 Å². The van der Waals surface area contributed by atoms with Crippen molar-refractivity contribution >= 4 is 27.1 Å². The molecule has 1 heterocycles. The van der Waals surface area contributed by atoms with Crippen molar-refractivity contribution in [2.45, 2.75) is 24.2 Å². The van der Waals surface area contributed by atoms with E-state index >= 15 is 0 Å². The van der Waals surface area contributed by atoms with Crippen molar-refractivity contribution < 1.29 is 13.2 Å². The third-order valence-electron chi connectivity index (χ3n) is 5.29. The summed E-state index contributed by atoms with van der Waals surface area (Å²) in [6.07, 6.45) is 0. The molecule has 0 saturated carbocycles. The summed E-state index contributed by atoms with van der Waals surface area (Å²) in [7, 11) is -3.65. The predicted octanol–water partition coefficient (Wildman–Crippen LogP) is 4.40. The summed E-state index contributed by atoms with van der Waals surface area (Å²) < 4.78 is 26.3. The van der Waals surface area contributed by atoms with Gasteiger partial charge < -0.3 is 0 Å². The molecule has 0 aromatic heterocycles. The van der Waals surface area contributed by atoms with Gasteiger partial charge in [-0.1, -0.05) is 54.1 Å². The number of hydrogen-bond donors (Lipinski definition) is 0. The van der Waals surface area contributed by atoms with Crippen LogP contribution in [0.25, 0.3) is 0 Å². The van der Waals surface area contributed by atoms with E-state index in [0.717, 1.165) is 22.5 Å². The molecule has 0 bridgehead atoms. The van der Waals surface area contributed by atoms with E-state index in [1.165, 1.54) is 0 Å². The van der Waals surface area contributed by atoms with Gasteiger partial charge in [-0.25, -0.2) is 8.42 Å². The van der Waals surface area contributed by atoms with E-state index in [-0.39, 0.29) is 16.6 Å². The van der Waals surface area contributed by atoms with Crippen molar-refractivity contribution in [1.29, 1.82) is 0 Å². The molecule has 4 nitrogen and oxygen atoms in total. The predicted molar refractivity (Wildman–Crippen MR) is 111 cm³/mol. The molecule has 142 valence electrons. The molecule has 0 aliphatic carbocycles. The fraction of sp³-hybridized carbons (Fsp3) is 0.174. The minimum absolute atomic E-state index is 0.226. The summed E-state index contributed by atoms with van der Waals surface area (Å²) in [6.45, 7) is 3.63. The second kappa shape index (κ2) is 6.60. The van der Waals surface area contributed by atoms with E-state index in [1.54, 1.807) is 36.1 Å². The van der Waals surface area contributed by atoms with Crippen molar-refractivity contribution in [2.75, 3.05) is 10.7 Å². The summed E-state index contributed by atoms with van der Waals surface area (Å²) in [5, 5.41) is 0. The largest absolute Gasteiger partial charge is 0.280 e. The Morgan fingerprint density at radius 3 is 2.14 bits per heavy atom. The van der Waals surface area contributed by atoms with Crippen LogP contribution in [-0.4, -0.2) is 20.1 Å². The lowest BCUT2D eigenvalue weighted by Gasteiger charge is -2.24. The fourth-order valence-electron chi connectivity index (χ4n) is 3.79. The first-order chi connectivity index (χ1) is 13.3. The third-order valence-corrected chi connectivity index (χ3v) is 7.24. The first kappa shape index (κ1) is 18.4. The Morgan fingerprint density at radius 2 is 1.46 bits per heavy atom. The lowest BCUT2D eigenvalue weighted by atomic mass is 9.86. The smallest absolute Gasteiger partial charge is 0.243 e. The molecule has 3 aromatic rings. The number of amides is 1. The molecule has 1 amide bonds. The van der Waals surface area contributed by atoms with E-state index in [9.17, 15) is 13.2 Å². The summed E-state index contributed by atoms with van der Waals surface area (Å²) >= 11 is 0. The molecule has 0 N–H and O–H groups in total. The lowest BCUT2D eigenvalue weighted by molar-refractivity contribution is -0.121. The van der Waals surface area contributed by atoms with Gasteiger partial charge in [0.2, 0.25) is 5.91 Å². The number of nitrogens with zero attached hydrogens (tertiary/aromatic N) is 1. The van der Waals surface area contributed by atoms with Gasteiger partial charge in [-0.2, -0.15) is 0 Å². The highest BCUT2D eigenvalue weighted by atomic mass is 32.2. The van der Waals surface area contributed by atoms with Crippen LogP contribution in [0.3, 0.4) is 0 Å². The van der Waals surface area contributed by atoms with Gasteiger partial charge in [0.05, 0.1) is 21.8 Å². The van der Waals surface area contributed by atoms with Gasteiger partial charge in [-0.05, 0) is 49.7 Å². The molecule has 5 heteroatoms. The Morgan fingerprint density at radius 1 is 0.857 bits per heavy atom. The van der Waals surface area contributed by atoms with Crippen LogP contribution in [0.1, 0.15) is 18.1 Å². The van der Waals surface area contributed by atoms with Gasteiger partial charge in [-0.15, -0.1) is 0 Å². The third kappa shape index (κ3) is 2.92. The highest BCUT2D eigenvalue weighted by Crippen LogP contribution is 2.46. The van der Waals surface area contributed by atoms with Gasteiger partial charge in [0.15, 0.2) is 9.84 Å². The number of fused-ring (bicyclic) bond motifs is 1. The Hall–Kier alpha value is -2.92. The second-order valence-corrected chi connectivity index (χ2v) is 9.39. The number of rotatable bonds is 4. The van der Waals surface area contributed by atoms with E-state index in [0.29, 0.717) is 0 Å². The van der Waals surface area contributed by atoms with Crippen LogP contribution >= 0.6 is 0 Å². The topological polar surface area (TPSA) is 54.5 Å². The monoisotopic (exact) mass is 391 g/mol. The summed E-state index contributed by atoms with van der Waals surface area (Å²) in [5.74, 6) is -0.502. The van der Waals surface area contributed by atoms with Crippen molar-refractivity contribution in [3.8, 4) is 0 Å². The van der Waals surface area contributed by atoms with Crippen LogP contribution in [-0.2, 0) is 20.0 Å². The molecule has 1 unspecified atom stereocenters. The zero-order chi connectivity index (χ0) is 19.9. The Bertz CT molecular complexity index is 1140. The molecule has 0 spiro atoms. The Balaban J connectivity index is 1.80. The average molecular weight is 391 g/mol. The molecule has 0 fully saturated rings. The normalized spacial score (nSPS) is 18.9. The number of carbonyl (C=O) groups excluding carboxylic acids is 1. The number of para-hydroxylation sites is 2. The van der Waals surface area contributed by atoms with Gasteiger partial charge in [0, 0.05) is 5.69 Å². The van der Waals surface area contributed by atoms with Crippen LogP contribution in [0.5, 0.6) is 0 Å². The van der Waals surface area contributed by atoms with E-state index in [4.69, 9.17) is 0 Å². The summed E-state index contributed by atoms with van der Waals surface area (Å²) in [5.41, 5.74) is 2.04. The number of hydrogen-bond acceptors (Lipinski definition) is 3. The number of benzene rings is 3. The van der Waals surface area contributed by atoms with Gasteiger partial charge >= 0.3 is 0 Å². The maximum absolute atomic E-state index is 13.5. The first-order valence-electron chi connectivity index (χ1n) is 9.11. The zero-order valence-corrected chi connectivity index (χ0v) is 16.6. The summed E-state index contributed by atoms with van der Waals surface area (Å²) in [4.78, 5) is 15.4. The van der Waals surface area contributed by atoms with Crippen LogP contribution < -0.4 is 4.90 Å². The number of aryl methyl sites for hydroxylation is 1. The molecule has 1 aliphatic rings. The SMILES string of the molecule is Cc1ccc(S(=O)(=O)CC2(C)C(=O)N(c3ccccc3)c3ccccc32)cc1. The molecule has 1 aliphatic heterocycles. The standard InChI is InChI=1S/C23H21NO3S/c1-17-12-14-19(15-13-17)28(26,27)16-23(2)20-10-6-7-11-21(20)24(22(23)25)18-8-4-3-5-9-18/h3-15H,16H2,1-2H3. The van der Waals surface area contributed by atoms with Crippen molar-refractivity contribution in [1.82, 2.24) is 0 Å². The van der Waals surface area contributed by atoms with Gasteiger partial charge in [0.1, 0.15) is 0 Å². The fourth-order valence-corrected chi connectivity index (χ4v) is 5.54. The minimum Gasteiger partial charge on any atom is -0.280 e. The first-order valence-corrected chi connectivity index (χ1v) is 10.8. The number of sulfone groups is 1. The van der Waals surface area contributed by atoms with Crippen LogP contribution in [0.15, 0.2) is 83.8 Å². The number of anilines is 2. The molecule has 3 aromatic carbocycles. The molecule has 4 rings (SSSR count). The van der Waals surface area contributed by atoms with Crippen LogP contribution in [0.2, 0.25) is 0 Å². The van der Waals surface area contributed by atoms with Crippen LogP contribution in [0.4, 0.5) is 11.4 Å². The highest BCUT2D eigenvalue weighted by molar-refractivity contribution is 7.91. The molecule has 28 heavy (non-hydrogen) atoms. The Kier molecular flexibility index (Phi) is 4.35. The minimum atomic E-state index is -3.65. The van der Waals surface area contributed by atoms with Crippen molar-refractivity contribution in [3.63, 3.8) is 0 Å². The van der Waals surface area contributed by atoms with E-state index < -0.39 is 15.3 Å². The van der Waals surface area contributed by atoms with Crippen molar-refractivity contribution in [2.24, 2.45) is 0 Å². The van der Waals surface area contributed by atoms with Crippen molar-refractivity contribution in [3.05, 3.63) is 90.0 Å². The average Bonchev–Trinajstić information content (AvgIpc) is 2.90. The molecule has 0 radical (unpaired) electrons. The van der Waals surface area contributed by atoms with E-state index in [1.807, 2.05) is 61.5 Å². The zero-order valence-electron chi connectivity index (χ0n) is 15.8. The lowest BCUT2D eigenvalue weighted by Crippen LogP contribution is -2.41. The highest BCUT2D eigenvalue weighted by Gasteiger charge is 2.50. The van der Waals surface area contributed by atoms with Gasteiger partial charge in [0.25, 0.3) is 0 Å². The van der Waals surface area contributed by atoms with Crippen LogP contribution in [0, 0.1) is 6.92 Å².